The Morgan fingerprint density at radius 1 is 1.00 bits per heavy atom. The van der Waals surface area contributed by atoms with Crippen molar-refractivity contribution in [1.82, 2.24) is 0 Å². The third-order valence-electron chi connectivity index (χ3n) is 4.12. The maximum atomic E-state index is 14.4. The highest BCUT2D eigenvalue weighted by atomic mass is 32.1. The van der Waals surface area contributed by atoms with Gasteiger partial charge < -0.3 is 4.90 Å². The lowest BCUT2D eigenvalue weighted by Crippen LogP contribution is -2.28. The summed E-state index contributed by atoms with van der Waals surface area (Å²) in [5.74, 6) is -0.799. The number of halogens is 1. The minimum absolute atomic E-state index is 0.0589. The molecule has 1 aliphatic heterocycles. The quantitative estimate of drug-likeness (QED) is 0.691. The largest absolute Gasteiger partial charge is 0.304 e. The molecule has 0 saturated carbocycles. The summed E-state index contributed by atoms with van der Waals surface area (Å²) in [5, 5.41) is 1.95. The number of thiophene rings is 1. The summed E-state index contributed by atoms with van der Waals surface area (Å²) in [5.41, 5.74) is 2.16. The van der Waals surface area contributed by atoms with Crippen molar-refractivity contribution in [2.45, 2.75) is 12.5 Å². The number of nitrogens with zero attached hydrogens (tertiary/aromatic N) is 1. The van der Waals surface area contributed by atoms with E-state index in [0.29, 0.717) is 12.2 Å². The summed E-state index contributed by atoms with van der Waals surface area (Å²) in [6.07, 6.45) is 0. The van der Waals surface area contributed by atoms with Gasteiger partial charge in [-0.05, 0) is 28.6 Å². The Balaban J connectivity index is 1.81. The number of hydrogen-bond donors (Lipinski definition) is 0. The molecular formula is C19H14FNOS. The van der Waals surface area contributed by atoms with Crippen molar-refractivity contribution in [3.05, 3.63) is 87.9 Å². The Kier molecular flexibility index (Phi) is 3.46. The van der Waals surface area contributed by atoms with Gasteiger partial charge in [0.25, 0.3) is 0 Å². The molecule has 0 N–H and O–H groups in total. The Bertz CT molecular complexity index is 845. The number of hydrogen-bond acceptors (Lipinski definition) is 2. The van der Waals surface area contributed by atoms with Gasteiger partial charge in [0.1, 0.15) is 5.82 Å². The lowest BCUT2D eigenvalue weighted by atomic mass is 9.99. The standard InChI is InChI=1S/C19H14FNOS/c20-15-9-4-8-14-17(16-10-5-11-23-16)19(22)21(18(14)15)12-13-6-2-1-3-7-13/h1-11,17H,12H2. The van der Waals surface area contributed by atoms with Crippen molar-refractivity contribution in [2.75, 3.05) is 4.90 Å². The molecule has 1 unspecified atom stereocenters. The van der Waals surface area contributed by atoms with Gasteiger partial charge in [-0.2, -0.15) is 0 Å². The number of carbonyl (C=O) groups is 1. The van der Waals surface area contributed by atoms with Crippen LogP contribution in [-0.2, 0) is 11.3 Å². The second-order valence-electron chi connectivity index (χ2n) is 5.54. The topological polar surface area (TPSA) is 20.3 Å². The second-order valence-corrected chi connectivity index (χ2v) is 6.52. The van der Waals surface area contributed by atoms with Crippen LogP contribution in [0.4, 0.5) is 10.1 Å². The van der Waals surface area contributed by atoms with Gasteiger partial charge >= 0.3 is 0 Å². The molecular weight excluding hydrogens is 309 g/mol. The number of para-hydroxylation sites is 1. The van der Waals surface area contributed by atoms with Crippen molar-refractivity contribution in [2.24, 2.45) is 0 Å². The predicted molar refractivity (Wildman–Crippen MR) is 90.2 cm³/mol. The van der Waals surface area contributed by atoms with Gasteiger partial charge in [0.2, 0.25) is 5.91 Å². The normalized spacial score (nSPS) is 16.7. The molecule has 0 spiro atoms. The van der Waals surface area contributed by atoms with E-state index < -0.39 is 5.92 Å². The molecule has 2 heterocycles. The van der Waals surface area contributed by atoms with Crippen LogP contribution in [0.2, 0.25) is 0 Å². The van der Waals surface area contributed by atoms with Gasteiger partial charge in [-0.25, -0.2) is 4.39 Å². The molecule has 0 radical (unpaired) electrons. The predicted octanol–water partition coefficient (Wildman–Crippen LogP) is 4.57. The molecule has 0 fully saturated rings. The van der Waals surface area contributed by atoms with Crippen LogP contribution in [-0.4, -0.2) is 5.91 Å². The molecule has 114 valence electrons. The summed E-state index contributed by atoms with van der Waals surface area (Å²) >= 11 is 1.53. The lowest BCUT2D eigenvalue weighted by Gasteiger charge is -2.18. The van der Waals surface area contributed by atoms with Crippen molar-refractivity contribution in [3.63, 3.8) is 0 Å². The monoisotopic (exact) mass is 323 g/mol. The van der Waals surface area contributed by atoms with Crippen molar-refractivity contribution >= 4 is 22.9 Å². The average Bonchev–Trinajstić information content (AvgIpc) is 3.16. The van der Waals surface area contributed by atoms with E-state index in [9.17, 15) is 9.18 Å². The number of rotatable bonds is 3. The number of amides is 1. The van der Waals surface area contributed by atoms with Crippen LogP contribution in [0.15, 0.2) is 66.0 Å². The van der Waals surface area contributed by atoms with E-state index in [1.807, 2.05) is 53.9 Å². The summed E-state index contributed by atoms with van der Waals surface area (Å²) in [6, 6.07) is 18.5. The van der Waals surface area contributed by atoms with Crippen molar-refractivity contribution in [3.8, 4) is 0 Å². The van der Waals surface area contributed by atoms with E-state index in [-0.39, 0.29) is 11.7 Å². The fraction of sp³-hybridized carbons (Fsp3) is 0.105. The van der Waals surface area contributed by atoms with E-state index in [2.05, 4.69) is 0 Å². The minimum Gasteiger partial charge on any atom is -0.304 e. The molecule has 0 saturated heterocycles. The third kappa shape index (κ3) is 2.35. The molecule has 2 nitrogen and oxygen atoms in total. The van der Waals surface area contributed by atoms with Gasteiger partial charge in [-0.15, -0.1) is 11.3 Å². The summed E-state index contributed by atoms with van der Waals surface area (Å²) in [7, 11) is 0. The molecule has 1 atom stereocenters. The zero-order valence-corrected chi connectivity index (χ0v) is 13.1. The second kappa shape index (κ2) is 5.63. The molecule has 0 aliphatic carbocycles. The van der Waals surface area contributed by atoms with E-state index >= 15 is 0 Å². The Morgan fingerprint density at radius 3 is 2.57 bits per heavy atom. The first-order valence-corrected chi connectivity index (χ1v) is 8.31. The van der Waals surface area contributed by atoms with E-state index in [1.54, 1.807) is 11.0 Å². The Labute approximate surface area is 137 Å². The number of anilines is 1. The zero-order valence-electron chi connectivity index (χ0n) is 12.3. The van der Waals surface area contributed by atoms with Crippen LogP contribution in [0, 0.1) is 5.82 Å². The maximum absolute atomic E-state index is 14.4. The zero-order chi connectivity index (χ0) is 15.8. The molecule has 3 aromatic rings. The summed E-state index contributed by atoms with van der Waals surface area (Å²) in [4.78, 5) is 15.5. The van der Waals surface area contributed by atoms with Gasteiger partial charge in [0, 0.05) is 4.88 Å². The molecule has 0 bridgehead atoms. The van der Waals surface area contributed by atoms with Crippen LogP contribution in [0.3, 0.4) is 0 Å². The highest BCUT2D eigenvalue weighted by Gasteiger charge is 2.40. The molecule has 23 heavy (non-hydrogen) atoms. The molecule has 4 heteroatoms. The number of benzene rings is 2. The van der Waals surface area contributed by atoms with Crippen LogP contribution >= 0.6 is 11.3 Å². The summed E-state index contributed by atoms with van der Waals surface area (Å²) in [6.45, 7) is 0.384. The molecule has 1 aliphatic rings. The van der Waals surface area contributed by atoms with E-state index in [4.69, 9.17) is 0 Å². The van der Waals surface area contributed by atoms with Gasteiger partial charge in [-0.1, -0.05) is 48.5 Å². The Morgan fingerprint density at radius 2 is 1.83 bits per heavy atom. The van der Waals surface area contributed by atoms with Crippen LogP contribution < -0.4 is 4.90 Å². The van der Waals surface area contributed by atoms with Crippen molar-refractivity contribution < 1.29 is 9.18 Å². The van der Waals surface area contributed by atoms with Crippen LogP contribution in [0.5, 0.6) is 0 Å². The summed E-state index contributed by atoms with van der Waals surface area (Å²) < 4.78 is 14.4. The number of fused-ring (bicyclic) bond motifs is 1. The third-order valence-corrected chi connectivity index (χ3v) is 5.06. The van der Waals surface area contributed by atoms with Gasteiger partial charge in [0.15, 0.2) is 0 Å². The fourth-order valence-corrected chi connectivity index (χ4v) is 3.94. The fourth-order valence-electron chi connectivity index (χ4n) is 3.10. The van der Waals surface area contributed by atoms with Crippen molar-refractivity contribution in [1.29, 1.82) is 0 Å². The average molecular weight is 323 g/mol. The first-order chi connectivity index (χ1) is 11.3. The molecule has 1 aromatic heterocycles. The smallest absolute Gasteiger partial charge is 0.240 e. The van der Waals surface area contributed by atoms with E-state index in [1.165, 1.54) is 17.4 Å². The highest BCUT2D eigenvalue weighted by molar-refractivity contribution is 7.10. The lowest BCUT2D eigenvalue weighted by molar-refractivity contribution is -0.118. The van der Waals surface area contributed by atoms with Gasteiger partial charge in [0.05, 0.1) is 18.2 Å². The first-order valence-electron chi connectivity index (χ1n) is 7.43. The van der Waals surface area contributed by atoms with Crippen LogP contribution in [0.25, 0.3) is 0 Å². The maximum Gasteiger partial charge on any atom is 0.240 e. The van der Waals surface area contributed by atoms with Crippen LogP contribution in [0.1, 0.15) is 21.9 Å². The molecule has 2 aromatic carbocycles. The number of carbonyl (C=O) groups excluding carboxylic acids is 1. The van der Waals surface area contributed by atoms with Gasteiger partial charge in [-0.3, -0.25) is 4.79 Å². The highest BCUT2D eigenvalue weighted by Crippen LogP contribution is 2.44. The van der Waals surface area contributed by atoms with E-state index in [0.717, 1.165) is 16.0 Å². The Hall–Kier alpha value is -2.46. The first kappa shape index (κ1) is 14.2. The molecule has 4 rings (SSSR count). The molecule has 1 amide bonds. The SMILES string of the molecule is O=C1C(c2cccs2)c2cccc(F)c2N1Cc1ccccc1. The minimum atomic E-state index is -0.399.